The first kappa shape index (κ1) is 6.99. The molecule has 0 heterocycles. The summed E-state index contributed by atoms with van der Waals surface area (Å²) in [6.45, 7) is 2.12. The smallest absolute Gasteiger partial charge is 0.0482 e. The minimum Gasteiger partial charge on any atom is -0.167 e. The van der Waals surface area contributed by atoms with Crippen LogP contribution in [0.15, 0.2) is 29.8 Å². The van der Waals surface area contributed by atoms with Gasteiger partial charge in [0.2, 0.25) is 0 Å². The lowest BCUT2D eigenvalue weighted by Crippen LogP contribution is -1.85. The molecular weight excluding hydrogens is 152 g/mol. The van der Waals surface area contributed by atoms with E-state index in [0.717, 1.165) is 0 Å². The van der Waals surface area contributed by atoms with Crippen LogP contribution in [0, 0.1) is 0 Å². The summed E-state index contributed by atoms with van der Waals surface area (Å²) in [6, 6.07) is 8.40. The Bertz CT molecular complexity index is 312. The second kappa shape index (κ2) is 2.42. The van der Waals surface area contributed by atoms with Crippen molar-refractivity contribution in [3.05, 3.63) is 41.0 Å². The summed E-state index contributed by atoms with van der Waals surface area (Å²) in [7, 11) is 0. The van der Waals surface area contributed by atoms with E-state index in [2.05, 4.69) is 49.9 Å². The second-order valence-electron chi connectivity index (χ2n) is 2.92. The quantitative estimate of drug-likeness (QED) is 0.557. The van der Waals surface area contributed by atoms with Crippen molar-refractivity contribution >= 4 is 18.7 Å². The Morgan fingerprint density at radius 1 is 1.27 bits per heavy atom. The number of hydrogen-bond acceptors (Lipinski definition) is 1. The summed E-state index contributed by atoms with van der Waals surface area (Å²) in [5.74, 6) is 0. The predicted molar refractivity (Wildman–Crippen MR) is 51.8 cm³/mol. The molecule has 0 N–H and O–H groups in total. The van der Waals surface area contributed by atoms with E-state index in [1.54, 1.807) is 0 Å². The van der Waals surface area contributed by atoms with Crippen LogP contribution in [0.4, 0.5) is 0 Å². The standard InChI is InChI=1S/C10H10S/c1-7-6-8-4-2-3-5-9(8)10(7)11/h2-6,10-11H,1H3. The van der Waals surface area contributed by atoms with Crippen molar-refractivity contribution in [3.63, 3.8) is 0 Å². The monoisotopic (exact) mass is 162 g/mol. The fourth-order valence-corrected chi connectivity index (χ4v) is 1.77. The SMILES string of the molecule is CC1=Cc2ccccc2C1S. The van der Waals surface area contributed by atoms with Crippen LogP contribution in [0.5, 0.6) is 0 Å². The molecule has 0 bridgehead atoms. The van der Waals surface area contributed by atoms with E-state index in [1.807, 2.05) is 0 Å². The maximum atomic E-state index is 4.50. The van der Waals surface area contributed by atoms with Crippen molar-refractivity contribution in [1.29, 1.82) is 0 Å². The molecule has 1 aromatic rings. The number of thiol groups is 1. The normalized spacial score (nSPS) is 21.3. The van der Waals surface area contributed by atoms with Gasteiger partial charge in [0.25, 0.3) is 0 Å². The largest absolute Gasteiger partial charge is 0.167 e. The molecular formula is C10H10S. The minimum atomic E-state index is 0.325. The third-order valence-electron chi connectivity index (χ3n) is 2.11. The highest BCUT2D eigenvalue weighted by molar-refractivity contribution is 7.80. The van der Waals surface area contributed by atoms with Gasteiger partial charge in [-0.05, 0) is 18.1 Å². The number of rotatable bonds is 0. The van der Waals surface area contributed by atoms with Crippen LogP contribution in [0.2, 0.25) is 0 Å². The molecule has 2 rings (SSSR count). The van der Waals surface area contributed by atoms with Crippen molar-refractivity contribution in [2.24, 2.45) is 0 Å². The molecule has 1 aliphatic rings. The van der Waals surface area contributed by atoms with E-state index in [-0.39, 0.29) is 0 Å². The van der Waals surface area contributed by atoms with Gasteiger partial charge in [0.15, 0.2) is 0 Å². The number of hydrogen-bond donors (Lipinski definition) is 1. The van der Waals surface area contributed by atoms with Crippen molar-refractivity contribution in [2.45, 2.75) is 12.2 Å². The Morgan fingerprint density at radius 3 is 2.73 bits per heavy atom. The Kier molecular flexibility index (Phi) is 1.53. The molecule has 0 saturated carbocycles. The average molecular weight is 162 g/mol. The molecule has 1 unspecified atom stereocenters. The molecule has 0 aliphatic heterocycles. The highest BCUT2D eigenvalue weighted by Gasteiger charge is 2.17. The van der Waals surface area contributed by atoms with Gasteiger partial charge in [-0.15, -0.1) is 0 Å². The minimum absolute atomic E-state index is 0.325. The third kappa shape index (κ3) is 1.000. The summed E-state index contributed by atoms with van der Waals surface area (Å²) in [6.07, 6.45) is 2.20. The summed E-state index contributed by atoms with van der Waals surface area (Å²) >= 11 is 4.50. The summed E-state index contributed by atoms with van der Waals surface area (Å²) < 4.78 is 0. The van der Waals surface area contributed by atoms with Gasteiger partial charge in [-0.25, -0.2) is 0 Å². The summed E-state index contributed by atoms with van der Waals surface area (Å²) in [4.78, 5) is 0. The lowest BCUT2D eigenvalue weighted by Gasteiger charge is -2.04. The first-order valence-electron chi connectivity index (χ1n) is 3.74. The van der Waals surface area contributed by atoms with E-state index in [0.29, 0.717) is 5.25 Å². The zero-order valence-corrected chi connectivity index (χ0v) is 7.31. The van der Waals surface area contributed by atoms with Crippen LogP contribution < -0.4 is 0 Å². The van der Waals surface area contributed by atoms with Crippen LogP contribution in [-0.2, 0) is 0 Å². The first-order chi connectivity index (χ1) is 5.29. The molecule has 0 amide bonds. The molecule has 56 valence electrons. The van der Waals surface area contributed by atoms with Crippen molar-refractivity contribution < 1.29 is 0 Å². The van der Waals surface area contributed by atoms with Gasteiger partial charge in [0.1, 0.15) is 0 Å². The van der Waals surface area contributed by atoms with Gasteiger partial charge in [0, 0.05) is 5.25 Å². The molecule has 0 saturated heterocycles. The molecule has 0 radical (unpaired) electrons. The molecule has 0 nitrogen and oxygen atoms in total. The van der Waals surface area contributed by atoms with E-state index in [1.165, 1.54) is 16.7 Å². The van der Waals surface area contributed by atoms with Crippen LogP contribution in [0.3, 0.4) is 0 Å². The van der Waals surface area contributed by atoms with Crippen molar-refractivity contribution in [1.82, 2.24) is 0 Å². The summed E-state index contributed by atoms with van der Waals surface area (Å²) in [5, 5.41) is 0.325. The van der Waals surface area contributed by atoms with Crippen LogP contribution in [0.1, 0.15) is 23.3 Å². The van der Waals surface area contributed by atoms with Gasteiger partial charge in [-0.2, -0.15) is 12.6 Å². The van der Waals surface area contributed by atoms with Crippen LogP contribution in [0.25, 0.3) is 6.08 Å². The molecule has 11 heavy (non-hydrogen) atoms. The molecule has 1 aromatic carbocycles. The maximum absolute atomic E-state index is 4.50. The van der Waals surface area contributed by atoms with Crippen molar-refractivity contribution in [2.75, 3.05) is 0 Å². The van der Waals surface area contributed by atoms with Gasteiger partial charge in [-0.1, -0.05) is 35.9 Å². The summed E-state index contributed by atoms with van der Waals surface area (Å²) in [5.41, 5.74) is 4.01. The zero-order chi connectivity index (χ0) is 7.84. The first-order valence-corrected chi connectivity index (χ1v) is 4.26. The third-order valence-corrected chi connectivity index (χ3v) is 2.79. The highest BCUT2D eigenvalue weighted by atomic mass is 32.1. The van der Waals surface area contributed by atoms with E-state index in [9.17, 15) is 0 Å². The fraction of sp³-hybridized carbons (Fsp3) is 0.200. The van der Waals surface area contributed by atoms with Crippen LogP contribution >= 0.6 is 12.6 Å². The van der Waals surface area contributed by atoms with Crippen LogP contribution in [-0.4, -0.2) is 0 Å². The lowest BCUT2D eigenvalue weighted by atomic mass is 10.1. The van der Waals surface area contributed by atoms with E-state index >= 15 is 0 Å². The van der Waals surface area contributed by atoms with E-state index < -0.39 is 0 Å². The lowest BCUT2D eigenvalue weighted by molar-refractivity contribution is 1.17. The van der Waals surface area contributed by atoms with Gasteiger partial charge in [-0.3, -0.25) is 0 Å². The molecule has 1 heteroatoms. The number of benzene rings is 1. The zero-order valence-electron chi connectivity index (χ0n) is 6.41. The Hall–Kier alpha value is -0.690. The number of fused-ring (bicyclic) bond motifs is 1. The molecule has 1 aliphatic carbocycles. The molecule has 0 fully saturated rings. The molecule has 0 aromatic heterocycles. The topological polar surface area (TPSA) is 0 Å². The van der Waals surface area contributed by atoms with Crippen molar-refractivity contribution in [3.8, 4) is 0 Å². The van der Waals surface area contributed by atoms with Gasteiger partial charge < -0.3 is 0 Å². The molecule has 0 spiro atoms. The fourth-order valence-electron chi connectivity index (χ4n) is 1.46. The second-order valence-corrected chi connectivity index (χ2v) is 3.44. The maximum Gasteiger partial charge on any atom is 0.0482 e. The Balaban J connectivity index is 2.58. The van der Waals surface area contributed by atoms with Gasteiger partial charge in [0.05, 0.1) is 0 Å². The average Bonchev–Trinajstić information content (AvgIpc) is 2.30. The Morgan fingerprint density at radius 2 is 2.00 bits per heavy atom. The van der Waals surface area contributed by atoms with E-state index in [4.69, 9.17) is 0 Å². The Labute approximate surface area is 72.4 Å². The van der Waals surface area contributed by atoms with Gasteiger partial charge >= 0.3 is 0 Å². The predicted octanol–water partition coefficient (Wildman–Crippen LogP) is 3.07. The highest BCUT2D eigenvalue weighted by Crippen LogP contribution is 2.37. The molecule has 1 atom stereocenters.